The van der Waals surface area contributed by atoms with Gasteiger partial charge in [0.1, 0.15) is 0 Å². The van der Waals surface area contributed by atoms with Crippen LogP contribution in [0.5, 0.6) is 0 Å². The highest BCUT2D eigenvalue weighted by atomic mass is 35.5. The molecule has 0 radical (unpaired) electrons. The summed E-state index contributed by atoms with van der Waals surface area (Å²) in [7, 11) is 0. The number of rotatable bonds is 5. The third kappa shape index (κ3) is 4.43. The van der Waals surface area contributed by atoms with E-state index in [1.165, 1.54) is 0 Å². The summed E-state index contributed by atoms with van der Waals surface area (Å²) in [6.45, 7) is 4.61. The Morgan fingerprint density at radius 3 is 2.57 bits per heavy atom. The lowest BCUT2D eigenvalue weighted by atomic mass is 9.91. The van der Waals surface area contributed by atoms with Crippen molar-refractivity contribution in [2.45, 2.75) is 32.4 Å². The van der Waals surface area contributed by atoms with Crippen molar-refractivity contribution in [2.75, 3.05) is 19.8 Å². The maximum absolute atomic E-state index is 12.6. The molecule has 1 aliphatic rings. The van der Waals surface area contributed by atoms with Crippen molar-refractivity contribution in [3.8, 4) is 0 Å². The normalized spacial score (nSPS) is 17.5. The maximum atomic E-state index is 12.6. The fourth-order valence-electron chi connectivity index (χ4n) is 2.64. The van der Waals surface area contributed by atoms with Gasteiger partial charge in [-0.3, -0.25) is 4.79 Å². The molecule has 1 aromatic carbocycles. The van der Waals surface area contributed by atoms with Crippen LogP contribution in [0.2, 0.25) is 5.02 Å². The Bertz CT molecular complexity index is 458. The van der Waals surface area contributed by atoms with Crippen molar-refractivity contribution in [3.05, 3.63) is 34.9 Å². The van der Waals surface area contributed by atoms with Gasteiger partial charge >= 0.3 is 0 Å². The number of nitrogens with two attached hydrogens (primary N) is 1. The van der Waals surface area contributed by atoms with E-state index in [1.807, 2.05) is 36.1 Å². The molecule has 1 aromatic rings. The minimum Gasteiger partial charge on any atom is -0.381 e. The van der Waals surface area contributed by atoms with Crippen LogP contribution in [0.4, 0.5) is 0 Å². The van der Waals surface area contributed by atoms with E-state index in [0.29, 0.717) is 31.3 Å². The van der Waals surface area contributed by atoms with Gasteiger partial charge in [0.2, 0.25) is 5.91 Å². The second-order valence-electron chi connectivity index (χ2n) is 5.45. The molecule has 1 unspecified atom stereocenters. The number of likely N-dealkylation sites (N-methyl/N-ethyl adjacent to an activating group) is 1. The number of hydrogen-bond acceptors (Lipinski definition) is 3. The molecule has 0 aliphatic carbocycles. The van der Waals surface area contributed by atoms with Crippen LogP contribution in [0.15, 0.2) is 24.3 Å². The summed E-state index contributed by atoms with van der Waals surface area (Å²) in [6, 6.07) is 7.14. The van der Waals surface area contributed by atoms with E-state index in [1.54, 1.807) is 0 Å². The van der Waals surface area contributed by atoms with Crippen LogP contribution in [0, 0.1) is 5.92 Å². The van der Waals surface area contributed by atoms with Crippen molar-refractivity contribution in [3.63, 3.8) is 0 Å². The van der Waals surface area contributed by atoms with E-state index in [2.05, 4.69) is 0 Å². The van der Waals surface area contributed by atoms with Crippen LogP contribution in [0.1, 0.15) is 25.3 Å². The van der Waals surface area contributed by atoms with Crippen molar-refractivity contribution in [2.24, 2.45) is 11.7 Å². The molecule has 1 aliphatic heterocycles. The molecule has 21 heavy (non-hydrogen) atoms. The van der Waals surface area contributed by atoms with Crippen LogP contribution in [0.25, 0.3) is 0 Å². The molecule has 5 heteroatoms. The molecule has 1 amide bonds. The lowest BCUT2D eigenvalue weighted by Gasteiger charge is -2.31. The first-order valence-corrected chi connectivity index (χ1v) is 7.86. The van der Waals surface area contributed by atoms with Gasteiger partial charge in [-0.1, -0.05) is 23.7 Å². The van der Waals surface area contributed by atoms with Gasteiger partial charge < -0.3 is 15.4 Å². The Kier molecular flexibility index (Phi) is 6.03. The van der Waals surface area contributed by atoms with E-state index >= 15 is 0 Å². The van der Waals surface area contributed by atoms with Crippen molar-refractivity contribution < 1.29 is 9.53 Å². The molecule has 1 saturated heterocycles. The molecule has 2 N–H and O–H groups in total. The predicted octanol–water partition coefficient (Wildman–Crippen LogP) is 2.44. The summed E-state index contributed by atoms with van der Waals surface area (Å²) in [5.41, 5.74) is 7.24. The second-order valence-corrected chi connectivity index (χ2v) is 5.89. The Balaban J connectivity index is 1.98. The molecular weight excluding hydrogens is 288 g/mol. The van der Waals surface area contributed by atoms with Gasteiger partial charge in [-0.05, 0) is 43.4 Å². The highest BCUT2D eigenvalue weighted by Crippen LogP contribution is 2.20. The number of amides is 1. The van der Waals surface area contributed by atoms with E-state index < -0.39 is 6.04 Å². The van der Waals surface area contributed by atoms with Crippen molar-refractivity contribution in [1.82, 2.24) is 4.90 Å². The summed E-state index contributed by atoms with van der Waals surface area (Å²) in [5.74, 6) is 0.255. The molecule has 2 rings (SSSR count). The monoisotopic (exact) mass is 310 g/mol. The van der Waals surface area contributed by atoms with Gasteiger partial charge in [0.15, 0.2) is 0 Å². The highest BCUT2D eigenvalue weighted by molar-refractivity contribution is 6.30. The topological polar surface area (TPSA) is 55.6 Å². The minimum absolute atomic E-state index is 0.0272. The zero-order chi connectivity index (χ0) is 15.2. The zero-order valence-electron chi connectivity index (χ0n) is 12.4. The van der Waals surface area contributed by atoms with Crippen LogP contribution < -0.4 is 5.73 Å². The molecule has 0 spiro atoms. The molecule has 1 heterocycles. The third-order valence-corrected chi connectivity index (χ3v) is 4.29. The largest absolute Gasteiger partial charge is 0.381 e. The SMILES string of the molecule is CCN(Cc1ccc(Cl)cc1)C(=O)C(N)C1CCOCC1. The first-order chi connectivity index (χ1) is 10.1. The number of carbonyl (C=O) groups is 1. The van der Waals surface area contributed by atoms with Gasteiger partial charge in [-0.15, -0.1) is 0 Å². The Morgan fingerprint density at radius 2 is 2.00 bits per heavy atom. The predicted molar refractivity (Wildman–Crippen MR) is 84.1 cm³/mol. The Labute approximate surface area is 131 Å². The number of carbonyl (C=O) groups excluding carboxylic acids is 1. The summed E-state index contributed by atoms with van der Waals surface area (Å²) in [6.07, 6.45) is 1.73. The van der Waals surface area contributed by atoms with Gasteiger partial charge in [0.05, 0.1) is 6.04 Å². The van der Waals surface area contributed by atoms with Gasteiger partial charge in [0.25, 0.3) is 0 Å². The number of ether oxygens (including phenoxy) is 1. The summed E-state index contributed by atoms with van der Waals surface area (Å²) >= 11 is 5.88. The van der Waals surface area contributed by atoms with Crippen LogP contribution in [-0.2, 0) is 16.1 Å². The van der Waals surface area contributed by atoms with E-state index in [9.17, 15) is 4.79 Å². The van der Waals surface area contributed by atoms with Crippen LogP contribution >= 0.6 is 11.6 Å². The number of benzene rings is 1. The molecule has 4 nitrogen and oxygen atoms in total. The lowest BCUT2D eigenvalue weighted by molar-refractivity contribution is -0.135. The fourth-order valence-corrected chi connectivity index (χ4v) is 2.77. The number of hydrogen-bond donors (Lipinski definition) is 1. The van der Waals surface area contributed by atoms with E-state index in [4.69, 9.17) is 22.1 Å². The number of nitrogens with zero attached hydrogens (tertiary/aromatic N) is 1. The molecule has 0 aromatic heterocycles. The van der Waals surface area contributed by atoms with Gasteiger partial charge in [0, 0.05) is 31.3 Å². The molecule has 0 bridgehead atoms. The standard InChI is InChI=1S/C16H23ClN2O2/c1-2-19(11-12-3-5-14(17)6-4-12)16(20)15(18)13-7-9-21-10-8-13/h3-6,13,15H,2,7-11,18H2,1H3. The van der Waals surface area contributed by atoms with Crippen LogP contribution in [0.3, 0.4) is 0 Å². The van der Waals surface area contributed by atoms with E-state index in [-0.39, 0.29) is 11.8 Å². The molecule has 0 saturated carbocycles. The smallest absolute Gasteiger partial charge is 0.240 e. The first-order valence-electron chi connectivity index (χ1n) is 7.48. The fraction of sp³-hybridized carbons (Fsp3) is 0.562. The molecule has 116 valence electrons. The van der Waals surface area contributed by atoms with Gasteiger partial charge in [-0.2, -0.15) is 0 Å². The van der Waals surface area contributed by atoms with Crippen LogP contribution in [-0.4, -0.2) is 36.6 Å². The van der Waals surface area contributed by atoms with E-state index in [0.717, 1.165) is 18.4 Å². The van der Waals surface area contributed by atoms with Gasteiger partial charge in [-0.25, -0.2) is 0 Å². The van der Waals surface area contributed by atoms with Crippen molar-refractivity contribution >= 4 is 17.5 Å². The Morgan fingerprint density at radius 1 is 1.38 bits per heavy atom. The zero-order valence-corrected chi connectivity index (χ0v) is 13.2. The molecule has 1 fully saturated rings. The first kappa shape index (κ1) is 16.3. The quantitative estimate of drug-likeness (QED) is 0.909. The summed E-state index contributed by atoms with van der Waals surface area (Å²) in [4.78, 5) is 14.4. The lowest BCUT2D eigenvalue weighted by Crippen LogP contribution is -2.48. The maximum Gasteiger partial charge on any atom is 0.240 e. The average Bonchev–Trinajstić information content (AvgIpc) is 2.54. The summed E-state index contributed by atoms with van der Waals surface area (Å²) in [5, 5.41) is 0.701. The summed E-state index contributed by atoms with van der Waals surface area (Å²) < 4.78 is 5.33. The second kappa shape index (κ2) is 7.78. The van der Waals surface area contributed by atoms with Crippen molar-refractivity contribution in [1.29, 1.82) is 0 Å². The minimum atomic E-state index is -0.429. The molecular formula is C16H23ClN2O2. The number of halogens is 1. The third-order valence-electron chi connectivity index (χ3n) is 4.04. The Hall–Kier alpha value is -1.10. The highest BCUT2D eigenvalue weighted by Gasteiger charge is 2.29. The average molecular weight is 311 g/mol. The molecule has 1 atom stereocenters.